The van der Waals surface area contributed by atoms with Gasteiger partial charge < -0.3 is 10.4 Å². The first-order valence-electron chi connectivity index (χ1n) is 6.39. The average molecular weight is 269 g/mol. The number of rotatable bonds is 4. The Morgan fingerprint density at radius 1 is 1.44 bits per heavy atom. The van der Waals surface area contributed by atoms with E-state index in [0.717, 1.165) is 6.42 Å². The van der Waals surface area contributed by atoms with Gasteiger partial charge in [0.05, 0.1) is 0 Å². The quantitative estimate of drug-likeness (QED) is 0.878. The lowest BCUT2D eigenvalue weighted by Crippen LogP contribution is -2.35. The van der Waals surface area contributed by atoms with E-state index in [2.05, 4.69) is 11.6 Å². The highest BCUT2D eigenvalue weighted by atomic mass is 32.2. The molecule has 0 amide bonds. The van der Waals surface area contributed by atoms with Gasteiger partial charge in [-0.2, -0.15) is 11.8 Å². The highest BCUT2D eigenvalue weighted by Crippen LogP contribution is 2.32. The fourth-order valence-electron chi connectivity index (χ4n) is 2.68. The van der Waals surface area contributed by atoms with Crippen LogP contribution in [0.5, 0.6) is 5.75 Å². The van der Waals surface area contributed by atoms with Gasteiger partial charge in [0.2, 0.25) is 0 Å². The van der Waals surface area contributed by atoms with E-state index in [-0.39, 0.29) is 17.6 Å². The molecule has 0 radical (unpaired) electrons. The van der Waals surface area contributed by atoms with Crippen LogP contribution in [0.2, 0.25) is 0 Å². The smallest absolute Gasteiger partial charge is 0.123 e. The number of halogens is 1. The maximum atomic E-state index is 13.2. The Bertz CT molecular complexity index is 413. The second-order valence-electron chi connectivity index (χ2n) is 4.90. The van der Waals surface area contributed by atoms with E-state index in [1.165, 1.54) is 31.0 Å². The Hall–Kier alpha value is -0.740. The van der Waals surface area contributed by atoms with Crippen LogP contribution in [0.25, 0.3) is 0 Å². The Morgan fingerprint density at radius 2 is 2.22 bits per heavy atom. The molecule has 1 aromatic rings. The largest absolute Gasteiger partial charge is 0.508 e. The van der Waals surface area contributed by atoms with Gasteiger partial charge >= 0.3 is 0 Å². The summed E-state index contributed by atoms with van der Waals surface area (Å²) in [7, 11) is 0. The minimum absolute atomic E-state index is 0.0292. The summed E-state index contributed by atoms with van der Waals surface area (Å²) in [6.07, 6.45) is 5.77. The molecule has 2 rings (SSSR count). The zero-order valence-electron chi connectivity index (χ0n) is 10.8. The maximum absolute atomic E-state index is 13.2. The third-order valence-electron chi connectivity index (χ3n) is 3.68. The number of hydrogen-bond acceptors (Lipinski definition) is 3. The molecule has 3 atom stereocenters. The number of aromatic hydroxyl groups is 1. The highest BCUT2D eigenvalue weighted by Gasteiger charge is 2.28. The van der Waals surface area contributed by atoms with Crippen molar-refractivity contribution in [1.29, 1.82) is 0 Å². The SMILES string of the molecule is CSC1CCCC1NC(C)c1cc(F)ccc1O. The van der Waals surface area contributed by atoms with Crippen LogP contribution < -0.4 is 5.32 Å². The fourth-order valence-corrected chi connectivity index (χ4v) is 3.63. The highest BCUT2D eigenvalue weighted by molar-refractivity contribution is 7.99. The van der Waals surface area contributed by atoms with Crippen LogP contribution in [0.3, 0.4) is 0 Å². The normalized spacial score (nSPS) is 25.3. The van der Waals surface area contributed by atoms with Crippen molar-refractivity contribution in [3.05, 3.63) is 29.6 Å². The third kappa shape index (κ3) is 2.98. The minimum atomic E-state index is -0.302. The first-order chi connectivity index (χ1) is 8.61. The van der Waals surface area contributed by atoms with E-state index in [0.29, 0.717) is 16.9 Å². The van der Waals surface area contributed by atoms with Crippen LogP contribution in [0.1, 0.15) is 37.8 Å². The summed E-state index contributed by atoms with van der Waals surface area (Å²) in [5.41, 5.74) is 0.641. The van der Waals surface area contributed by atoms with E-state index in [9.17, 15) is 9.50 Å². The van der Waals surface area contributed by atoms with Gasteiger partial charge in [-0.15, -0.1) is 0 Å². The van der Waals surface area contributed by atoms with Gasteiger partial charge in [-0.3, -0.25) is 0 Å². The summed E-state index contributed by atoms with van der Waals surface area (Å²) in [5, 5.41) is 13.9. The van der Waals surface area contributed by atoms with Gasteiger partial charge in [0.1, 0.15) is 11.6 Å². The van der Waals surface area contributed by atoms with Crippen LogP contribution in [0.4, 0.5) is 4.39 Å². The first kappa shape index (κ1) is 13.7. The van der Waals surface area contributed by atoms with E-state index in [4.69, 9.17) is 0 Å². The fraction of sp³-hybridized carbons (Fsp3) is 0.571. The molecule has 1 saturated carbocycles. The number of hydrogen-bond donors (Lipinski definition) is 2. The predicted octanol–water partition coefficient (Wildman–Crippen LogP) is 3.47. The number of phenols is 1. The van der Waals surface area contributed by atoms with Crippen LogP contribution in [-0.2, 0) is 0 Å². The summed E-state index contributed by atoms with van der Waals surface area (Å²) in [6, 6.07) is 4.54. The second kappa shape index (κ2) is 5.93. The molecule has 0 saturated heterocycles. The Balaban J connectivity index is 2.07. The van der Waals surface area contributed by atoms with Crippen molar-refractivity contribution in [3.63, 3.8) is 0 Å². The van der Waals surface area contributed by atoms with Crippen molar-refractivity contribution in [2.24, 2.45) is 0 Å². The molecule has 1 fully saturated rings. The molecule has 18 heavy (non-hydrogen) atoms. The van der Waals surface area contributed by atoms with Crippen molar-refractivity contribution < 1.29 is 9.50 Å². The van der Waals surface area contributed by atoms with Gasteiger partial charge in [-0.1, -0.05) is 6.42 Å². The zero-order chi connectivity index (χ0) is 13.1. The van der Waals surface area contributed by atoms with Crippen molar-refractivity contribution >= 4 is 11.8 Å². The average Bonchev–Trinajstić information content (AvgIpc) is 2.79. The van der Waals surface area contributed by atoms with E-state index < -0.39 is 0 Å². The summed E-state index contributed by atoms with van der Waals surface area (Å²) >= 11 is 1.89. The van der Waals surface area contributed by atoms with Gasteiger partial charge in [-0.25, -0.2) is 4.39 Å². The molecule has 4 heteroatoms. The molecule has 0 bridgehead atoms. The molecule has 1 aliphatic carbocycles. The molecule has 1 aromatic carbocycles. The molecular formula is C14H20FNOS. The minimum Gasteiger partial charge on any atom is -0.508 e. The molecule has 0 heterocycles. The predicted molar refractivity (Wildman–Crippen MR) is 74.6 cm³/mol. The van der Waals surface area contributed by atoms with Gasteiger partial charge in [-0.05, 0) is 44.2 Å². The lowest BCUT2D eigenvalue weighted by atomic mass is 10.1. The monoisotopic (exact) mass is 269 g/mol. The molecule has 0 spiro atoms. The number of thioether (sulfide) groups is 1. The lowest BCUT2D eigenvalue weighted by Gasteiger charge is -2.24. The standard InChI is InChI=1S/C14H20FNOS/c1-9(11-8-10(15)6-7-13(11)17)16-12-4-3-5-14(12)18-2/h6-9,12,14,16-17H,3-5H2,1-2H3. The molecule has 0 aromatic heterocycles. The number of phenolic OH excluding ortho intramolecular Hbond substituents is 1. The van der Waals surface area contributed by atoms with Crippen molar-refractivity contribution in [2.75, 3.05) is 6.26 Å². The molecule has 3 unspecified atom stereocenters. The Labute approximate surface area is 112 Å². The van der Waals surface area contributed by atoms with Gasteiger partial charge in [0.25, 0.3) is 0 Å². The lowest BCUT2D eigenvalue weighted by molar-refractivity contribution is 0.426. The van der Waals surface area contributed by atoms with Crippen LogP contribution in [0, 0.1) is 5.82 Å². The zero-order valence-corrected chi connectivity index (χ0v) is 11.6. The van der Waals surface area contributed by atoms with Crippen molar-refractivity contribution in [3.8, 4) is 5.75 Å². The van der Waals surface area contributed by atoms with E-state index >= 15 is 0 Å². The number of benzene rings is 1. The van der Waals surface area contributed by atoms with Crippen LogP contribution in [0.15, 0.2) is 18.2 Å². The third-order valence-corrected chi connectivity index (χ3v) is 4.85. The molecule has 2 N–H and O–H groups in total. The summed E-state index contributed by atoms with van der Waals surface area (Å²) in [5.74, 6) is -0.139. The first-order valence-corrected chi connectivity index (χ1v) is 7.68. The Kier molecular flexibility index (Phi) is 4.51. The van der Waals surface area contributed by atoms with Crippen molar-refractivity contribution in [1.82, 2.24) is 5.32 Å². The number of nitrogens with one attached hydrogen (secondary N) is 1. The summed E-state index contributed by atoms with van der Waals surface area (Å²) < 4.78 is 13.2. The second-order valence-corrected chi connectivity index (χ2v) is 5.98. The topological polar surface area (TPSA) is 32.3 Å². The summed E-state index contributed by atoms with van der Waals surface area (Å²) in [4.78, 5) is 0. The molecule has 100 valence electrons. The Morgan fingerprint density at radius 3 is 2.94 bits per heavy atom. The van der Waals surface area contributed by atoms with E-state index in [1.807, 2.05) is 18.7 Å². The van der Waals surface area contributed by atoms with Crippen molar-refractivity contribution in [2.45, 2.75) is 43.5 Å². The van der Waals surface area contributed by atoms with Crippen LogP contribution in [-0.4, -0.2) is 22.7 Å². The van der Waals surface area contributed by atoms with Crippen LogP contribution >= 0.6 is 11.8 Å². The summed E-state index contributed by atoms with van der Waals surface area (Å²) in [6.45, 7) is 1.98. The van der Waals surface area contributed by atoms with Gasteiger partial charge in [0.15, 0.2) is 0 Å². The van der Waals surface area contributed by atoms with E-state index in [1.54, 1.807) is 0 Å². The molecular weight excluding hydrogens is 249 g/mol. The van der Waals surface area contributed by atoms with Gasteiger partial charge in [0, 0.05) is 22.9 Å². The molecule has 2 nitrogen and oxygen atoms in total. The molecule has 1 aliphatic rings. The molecule has 0 aliphatic heterocycles. The maximum Gasteiger partial charge on any atom is 0.123 e.